The summed E-state index contributed by atoms with van der Waals surface area (Å²) in [6.45, 7) is 0.176. The molecule has 8 nitrogen and oxygen atoms in total. The van der Waals surface area contributed by atoms with Crippen molar-refractivity contribution in [2.24, 2.45) is 0 Å². The quantitative estimate of drug-likeness (QED) is 0.639. The summed E-state index contributed by atoms with van der Waals surface area (Å²) < 4.78 is 0. The van der Waals surface area contributed by atoms with E-state index >= 15 is 0 Å². The molecule has 0 bridgehead atoms. The highest BCUT2D eigenvalue weighted by atomic mass is 32.2. The van der Waals surface area contributed by atoms with Crippen LogP contribution in [0.1, 0.15) is 15.9 Å². The molecule has 0 radical (unpaired) electrons. The van der Waals surface area contributed by atoms with E-state index in [9.17, 15) is 24.5 Å². The maximum atomic E-state index is 12.2. The number of benzene rings is 2. The smallest absolute Gasteiger partial charge is 0.289 e. The molecule has 1 fully saturated rings. The summed E-state index contributed by atoms with van der Waals surface area (Å²) in [5.74, 6) is -0.427. The summed E-state index contributed by atoms with van der Waals surface area (Å²) in [5.41, 5.74) is 1.51. The highest BCUT2D eigenvalue weighted by molar-refractivity contribution is 8.14. The maximum absolute atomic E-state index is 12.2. The predicted molar refractivity (Wildman–Crippen MR) is 95.9 cm³/mol. The Labute approximate surface area is 152 Å². The second kappa shape index (κ2) is 7.36. The van der Waals surface area contributed by atoms with Crippen LogP contribution in [0.4, 0.5) is 16.2 Å². The minimum atomic E-state index is -0.515. The van der Waals surface area contributed by atoms with Gasteiger partial charge in [-0.2, -0.15) is 0 Å². The number of nitrogens with one attached hydrogen (secondary N) is 1. The molecule has 3 rings (SSSR count). The van der Waals surface area contributed by atoms with Gasteiger partial charge in [-0.3, -0.25) is 29.4 Å². The van der Waals surface area contributed by atoms with Gasteiger partial charge >= 0.3 is 0 Å². The van der Waals surface area contributed by atoms with Crippen molar-refractivity contribution in [3.05, 3.63) is 69.8 Å². The van der Waals surface area contributed by atoms with Gasteiger partial charge in [0, 0.05) is 23.4 Å². The van der Waals surface area contributed by atoms with Crippen molar-refractivity contribution in [2.75, 3.05) is 11.1 Å². The van der Waals surface area contributed by atoms with Crippen LogP contribution < -0.4 is 5.32 Å². The van der Waals surface area contributed by atoms with Gasteiger partial charge in [-0.05, 0) is 29.8 Å². The lowest BCUT2D eigenvalue weighted by atomic mass is 10.1. The maximum Gasteiger partial charge on any atom is 0.289 e. The number of rotatable bonds is 5. The Morgan fingerprint density at radius 1 is 1.12 bits per heavy atom. The third kappa shape index (κ3) is 3.89. The van der Waals surface area contributed by atoms with E-state index in [4.69, 9.17) is 0 Å². The van der Waals surface area contributed by atoms with Gasteiger partial charge < -0.3 is 5.32 Å². The van der Waals surface area contributed by atoms with Crippen LogP contribution in [0.25, 0.3) is 0 Å². The molecule has 9 heteroatoms. The van der Waals surface area contributed by atoms with Gasteiger partial charge in [0.15, 0.2) is 0 Å². The monoisotopic (exact) mass is 371 g/mol. The third-order valence-corrected chi connectivity index (χ3v) is 4.59. The molecule has 132 valence electrons. The molecule has 0 atom stereocenters. The first kappa shape index (κ1) is 17.6. The van der Waals surface area contributed by atoms with E-state index in [0.29, 0.717) is 11.3 Å². The number of carbonyl (C=O) groups is 3. The lowest BCUT2D eigenvalue weighted by Crippen LogP contribution is -2.27. The van der Waals surface area contributed by atoms with Gasteiger partial charge in [0.1, 0.15) is 0 Å². The highest BCUT2D eigenvalue weighted by Gasteiger charge is 2.29. The number of carbonyl (C=O) groups excluding carboxylic acids is 3. The molecule has 0 aromatic heterocycles. The van der Waals surface area contributed by atoms with Crippen molar-refractivity contribution in [2.45, 2.75) is 6.54 Å². The van der Waals surface area contributed by atoms with E-state index in [1.54, 1.807) is 24.3 Å². The fourth-order valence-corrected chi connectivity index (χ4v) is 3.07. The van der Waals surface area contributed by atoms with Crippen LogP contribution in [-0.4, -0.2) is 32.6 Å². The lowest BCUT2D eigenvalue weighted by molar-refractivity contribution is -0.384. The first-order valence-electron chi connectivity index (χ1n) is 7.56. The molecule has 1 saturated heterocycles. The van der Waals surface area contributed by atoms with Crippen LogP contribution in [-0.2, 0) is 11.3 Å². The van der Waals surface area contributed by atoms with Crippen molar-refractivity contribution in [3.63, 3.8) is 0 Å². The number of nitro groups is 1. The van der Waals surface area contributed by atoms with Crippen LogP contribution in [0.3, 0.4) is 0 Å². The van der Waals surface area contributed by atoms with E-state index in [0.717, 1.165) is 17.3 Å². The van der Waals surface area contributed by atoms with Crippen LogP contribution >= 0.6 is 11.8 Å². The second-order valence-electron chi connectivity index (χ2n) is 5.49. The molecule has 3 amide bonds. The number of nitrogens with zero attached hydrogens (tertiary/aromatic N) is 2. The van der Waals surface area contributed by atoms with Crippen molar-refractivity contribution >= 4 is 40.2 Å². The Balaban J connectivity index is 1.64. The van der Waals surface area contributed by atoms with Gasteiger partial charge in [-0.1, -0.05) is 23.9 Å². The summed E-state index contributed by atoms with van der Waals surface area (Å²) in [6.07, 6.45) is 0. The van der Waals surface area contributed by atoms with Gasteiger partial charge in [0.05, 0.1) is 17.2 Å². The minimum Gasteiger partial charge on any atom is -0.322 e. The van der Waals surface area contributed by atoms with Gasteiger partial charge in [0.25, 0.3) is 16.8 Å². The SMILES string of the molecule is O=C(Nc1ccc([N+](=O)[O-])cc1)c1ccc(CN2C(=O)CSC2=O)cc1. The summed E-state index contributed by atoms with van der Waals surface area (Å²) in [4.78, 5) is 46.7. The van der Waals surface area contributed by atoms with Gasteiger partial charge in [0.2, 0.25) is 5.91 Å². The van der Waals surface area contributed by atoms with Crippen molar-refractivity contribution in [3.8, 4) is 0 Å². The Morgan fingerprint density at radius 2 is 1.77 bits per heavy atom. The standard InChI is InChI=1S/C17H13N3O5S/c21-15-10-26-17(23)19(15)9-11-1-3-12(4-2-11)16(22)18-13-5-7-14(8-6-13)20(24)25/h1-8H,9-10H2,(H,18,22). The summed E-state index contributed by atoms with van der Waals surface area (Å²) in [7, 11) is 0. The molecule has 1 aliphatic rings. The van der Waals surface area contributed by atoms with Crippen LogP contribution in [0.2, 0.25) is 0 Å². The molecule has 1 aliphatic heterocycles. The molecule has 0 spiro atoms. The van der Waals surface area contributed by atoms with Crippen LogP contribution in [0, 0.1) is 10.1 Å². The number of non-ortho nitro benzene ring substituents is 1. The Kier molecular flexibility index (Phi) is 4.99. The summed E-state index contributed by atoms with van der Waals surface area (Å²) in [6, 6.07) is 12.0. The molecular weight excluding hydrogens is 358 g/mol. The number of imide groups is 1. The first-order valence-corrected chi connectivity index (χ1v) is 8.54. The number of nitro benzene ring substituents is 1. The van der Waals surface area contributed by atoms with Crippen molar-refractivity contribution < 1.29 is 19.3 Å². The third-order valence-electron chi connectivity index (χ3n) is 3.73. The van der Waals surface area contributed by atoms with Crippen LogP contribution in [0.5, 0.6) is 0 Å². The lowest BCUT2D eigenvalue weighted by Gasteiger charge is -2.13. The molecule has 2 aromatic carbocycles. The van der Waals surface area contributed by atoms with E-state index in [-0.39, 0.29) is 35.0 Å². The molecular formula is C17H13N3O5S. The number of thioether (sulfide) groups is 1. The largest absolute Gasteiger partial charge is 0.322 e. The van der Waals surface area contributed by atoms with Crippen molar-refractivity contribution in [1.82, 2.24) is 4.90 Å². The molecule has 0 aliphatic carbocycles. The Bertz CT molecular complexity index is 864. The minimum absolute atomic E-state index is 0.0588. The van der Waals surface area contributed by atoms with E-state index in [2.05, 4.69) is 5.32 Å². The molecule has 1 N–H and O–H groups in total. The van der Waals surface area contributed by atoms with Crippen molar-refractivity contribution in [1.29, 1.82) is 0 Å². The first-order chi connectivity index (χ1) is 12.4. The fourth-order valence-electron chi connectivity index (χ4n) is 2.35. The van der Waals surface area contributed by atoms with E-state index in [1.165, 1.54) is 29.2 Å². The fraction of sp³-hybridized carbons (Fsp3) is 0.118. The van der Waals surface area contributed by atoms with E-state index in [1.807, 2.05) is 0 Å². The molecule has 1 heterocycles. The Morgan fingerprint density at radius 3 is 2.31 bits per heavy atom. The zero-order chi connectivity index (χ0) is 18.7. The molecule has 0 unspecified atom stereocenters. The average Bonchev–Trinajstić information content (AvgIpc) is 2.94. The average molecular weight is 371 g/mol. The van der Waals surface area contributed by atoms with Crippen LogP contribution in [0.15, 0.2) is 48.5 Å². The Hall–Kier alpha value is -3.20. The molecule has 26 heavy (non-hydrogen) atoms. The topological polar surface area (TPSA) is 110 Å². The zero-order valence-electron chi connectivity index (χ0n) is 13.4. The zero-order valence-corrected chi connectivity index (χ0v) is 14.2. The van der Waals surface area contributed by atoms with Gasteiger partial charge in [-0.25, -0.2) is 0 Å². The number of anilines is 1. The summed E-state index contributed by atoms with van der Waals surface area (Å²) in [5, 5.41) is 13.0. The molecule has 0 saturated carbocycles. The van der Waals surface area contributed by atoms with Gasteiger partial charge in [-0.15, -0.1) is 0 Å². The number of amides is 3. The predicted octanol–water partition coefficient (Wildman–Crippen LogP) is 3.04. The molecule has 2 aromatic rings. The normalized spacial score (nSPS) is 13.8. The number of hydrogen-bond acceptors (Lipinski definition) is 6. The highest BCUT2D eigenvalue weighted by Crippen LogP contribution is 2.21. The summed E-state index contributed by atoms with van der Waals surface area (Å²) >= 11 is 0.976. The number of hydrogen-bond donors (Lipinski definition) is 1. The van der Waals surface area contributed by atoms with E-state index < -0.39 is 4.92 Å². The second-order valence-corrected chi connectivity index (χ2v) is 6.42.